The van der Waals surface area contributed by atoms with E-state index in [1.807, 2.05) is 24.3 Å². The zero-order valence-electron chi connectivity index (χ0n) is 16.0. The van der Waals surface area contributed by atoms with Crippen molar-refractivity contribution >= 4 is 22.6 Å². The molecule has 0 saturated heterocycles. The highest BCUT2D eigenvalue weighted by Crippen LogP contribution is 2.16. The summed E-state index contributed by atoms with van der Waals surface area (Å²) >= 11 is 0. The molecule has 29 heavy (non-hydrogen) atoms. The Hall–Kier alpha value is -3.68. The second-order valence-electron chi connectivity index (χ2n) is 6.41. The van der Waals surface area contributed by atoms with E-state index in [0.717, 1.165) is 5.56 Å². The molecule has 8 nitrogen and oxygen atoms in total. The van der Waals surface area contributed by atoms with E-state index in [4.69, 9.17) is 4.74 Å². The minimum Gasteiger partial charge on any atom is -0.496 e. The van der Waals surface area contributed by atoms with Crippen molar-refractivity contribution in [2.75, 3.05) is 13.7 Å². The largest absolute Gasteiger partial charge is 0.496 e. The monoisotopic (exact) mass is 394 g/mol. The normalized spacial score (nSPS) is 10.5. The van der Waals surface area contributed by atoms with Crippen LogP contribution in [0.3, 0.4) is 0 Å². The number of para-hydroxylation sites is 1. The molecule has 3 N–H and O–H groups in total. The molecule has 8 heteroatoms. The van der Waals surface area contributed by atoms with Crippen LogP contribution in [0.25, 0.3) is 10.8 Å². The second-order valence-corrected chi connectivity index (χ2v) is 6.41. The van der Waals surface area contributed by atoms with E-state index in [-0.39, 0.29) is 36.8 Å². The Kier molecular flexibility index (Phi) is 6.57. The number of aromatic amines is 1. The number of rotatable bonds is 8. The van der Waals surface area contributed by atoms with Crippen molar-refractivity contribution < 1.29 is 14.3 Å². The molecule has 0 atom stereocenters. The van der Waals surface area contributed by atoms with Gasteiger partial charge in [0, 0.05) is 30.5 Å². The van der Waals surface area contributed by atoms with Crippen LogP contribution in [0.1, 0.15) is 17.7 Å². The Bertz CT molecular complexity index is 1080. The number of aromatic nitrogens is 2. The van der Waals surface area contributed by atoms with Crippen LogP contribution >= 0.6 is 0 Å². The maximum atomic E-state index is 12.2. The van der Waals surface area contributed by atoms with E-state index in [2.05, 4.69) is 20.8 Å². The molecule has 0 spiro atoms. The number of carbonyl (C=O) groups excluding carboxylic acids is 2. The summed E-state index contributed by atoms with van der Waals surface area (Å²) in [6, 6.07) is 14.4. The van der Waals surface area contributed by atoms with Gasteiger partial charge in [0.1, 0.15) is 5.75 Å². The highest BCUT2D eigenvalue weighted by molar-refractivity contribution is 5.88. The number of methoxy groups -OCH3 is 1. The summed E-state index contributed by atoms with van der Waals surface area (Å²) in [6.45, 7) is 0.557. The highest BCUT2D eigenvalue weighted by Gasteiger charge is 2.11. The molecular formula is C21H22N4O4. The fraction of sp³-hybridized carbons (Fsp3) is 0.238. The van der Waals surface area contributed by atoms with Gasteiger partial charge in [0.25, 0.3) is 5.56 Å². The predicted molar refractivity (Wildman–Crippen MR) is 109 cm³/mol. The van der Waals surface area contributed by atoms with Crippen LogP contribution in [0.4, 0.5) is 0 Å². The van der Waals surface area contributed by atoms with Crippen LogP contribution in [-0.4, -0.2) is 35.7 Å². The van der Waals surface area contributed by atoms with Crippen LogP contribution in [0.5, 0.6) is 5.75 Å². The van der Waals surface area contributed by atoms with Gasteiger partial charge in [0.2, 0.25) is 11.8 Å². The smallest absolute Gasteiger partial charge is 0.272 e. The molecule has 0 aliphatic rings. The molecule has 0 radical (unpaired) electrons. The molecule has 3 rings (SSSR count). The molecule has 1 aromatic heterocycles. The predicted octanol–water partition coefficient (Wildman–Crippen LogP) is 1.30. The number of nitrogens with zero attached hydrogens (tertiary/aromatic N) is 1. The number of carbonyl (C=O) groups is 2. The van der Waals surface area contributed by atoms with Gasteiger partial charge in [-0.05, 0) is 12.1 Å². The minimum atomic E-state index is -0.295. The number of nitrogens with one attached hydrogen (secondary N) is 3. The van der Waals surface area contributed by atoms with E-state index < -0.39 is 0 Å². The summed E-state index contributed by atoms with van der Waals surface area (Å²) < 4.78 is 5.25. The number of ether oxygens (including phenoxy) is 1. The Morgan fingerprint density at radius 2 is 1.72 bits per heavy atom. The Morgan fingerprint density at radius 3 is 2.52 bits per heavy atom. The van der Waals surface area contributed by atoms with Crippen molar-refractivity contribution in [3.63, 3.8) is 0 Å². The van der Waals surface area contributed by atoms with Crippen molar-refractivity contribution in [1.82, 2.24) is 20.8 Å². The number of amides is 2. The van der Waals surface area contributed by atoms with Crippen LogP contribution < -0.4 is 20.9 Å². The Morgan fingerprint density at radius 1 is 1.00 bits per heavy atom. The summed E-state index contributed by atoms with van der Waals surface area (Å²) in [4.78, 5) is 36.0. The Labute approximate surface area is 167 Å². The average Bonchev–Trinajstić information content (AvgIpc) is 2.74. The summed E-state index contributed by atoms with van der Waals surface area (Å²) in [5, 5.41) is 13.0. The maximum Gasteiger partial charge on any atom is 0.272 e. The summed E-state index contributed by atoms with van der Waals surface area (Å²) in [5.41, 5.74) is 1.07. The standard InChI is InChI=1S/C21H22N4O4/c1-29-18-9-5-2-6-14(18)13-23-19(26)10-11-22-20(27)12-17-15-7-3-4-8-16(15)21(28)25-24-17/h2-9H,10-13H2,1H3,(H,22,27)(H,23,26)(H,25,28). The highest BCUT2D eigenvalue weighted by atomic mass is 16.5. The van der Waals surface area contributed by atoms with Gasteiger partial charge < -0.3 is 15.4 Å². The van der Waals surface area contributed by atoms with Gasteiger partial charge in [0.05, 0.1) is 24.6 Å². The van der Waals surface area contributed by atoms with Crippen molar-refractivity contribution in [3.05, 3.63) is 70.1 Å². The molecule has 0 saturated carbocycles. The number of benzene rings is 2. The number of H-pyrrole nitrogens is 1. The second kappa shape index (κ2) is 9.50. The minimum absolute atomic E-state index is 0.0140. The Balaban J connectivity index is 1.47. The topological polar surface area (TPSA) is 113 Å². The molecule has 2 amide bonds. The summed E-state index contributed by atoms with van der Waals surface area (Å²) in [5.74, 6) is 0.262. The van der Waals surface area contributed by atoms with Gasteiger partial charge in [-0.15, -0.1) is 0 Å². The molecule has 3 aromatic rings. The first-order chi connectivity index (χ1) is 14.1. The lowest BCUT2D eigenvalue weighted by Crippen LogP contribution is -2.31. The summed E-state index contributed by atoms with van der Waals surface area (Å²) in [6.07, 6.45) is 0.167. The van der Waals surface area contributed by atoms with E-state index in [0.29, 0.717) is 28.8 Å². The first-order valence-electron chi connectivity index (χ1n) is 9.20. The lowest BCUT2D eigenvalue weighted by molar-refractivity contribution is -0.122. The van der Waals surface area contributed by atoms with Gasteiger partial charge in [-0.3, -0.25) is 14.4 Å². The quantitative estimate of drug-likeness (QED) is 0.533. The van der Waals surface area contributed by atoms with Gasteiger partial charge in [-0.25, -0.2) is 5.10 Å². The van der Waals surface area contributed by atoms with Gasteiger partial charge in [-0.1, -0.05) is 36.4 Å². The molecule has 150 valence electrons. The molecule has 0 unspecified atom stereocenters. The van der Waals surface area contributed by atoms with E-state index in [9.17, 15) is 14.4 Å². The lowest BCUT2D eigenvalue weighted by atomic mass is 10.1. The van der Waals surface area contributed by atoms with E-state index in [1.165, 1.54) is 0 Å². The van der Waals surface area contributed by atoms with Crippen molar-refractivity contribution in [2.24, 2.45) is 0 Å². The van der Waals surface area contributed by atoms with E-state index in [1.54, 1.807) is 31.4 Å². The fourth-order valence-corrected chi connectivity index (χ4v) is 2.97. The van der Waals surface area contributed by atoms with Crippen LogP contribution in [-0.2, 0) is 22.6 Å². The molecule has 0 fully saturated rings. The number of fused-ring (bicyclic) bond motifs is 1. The zero-order valence-corrected chi connectivity index (χ0v) is 16.0. The van der Waals surface area contributed by atoms with Gasteiger partial charge in [-0.2, -0.15) is 5.10 Å². The summed E-state index contributed by atoms with van der Waals surface area (Å²) in [7, 11) is 1.58. The number of hydrogen-bond donors (Lipinski definition) is 3. The zero-order chi connectivity index (χ0) is 20.6. The van der Waals surface area contributed by atoms with Gasteiger partial charge in [0.15, 0.2) is 0 Å². The molecular weight excluding hydrogens is 372 g/mol. The van der Waals surface area contributed by atoms with Gasteiger partial charge >= 0.3 is 0 Å². The van der Waals surface area contributed by atoms with Crippen LogP contribution in [0.15, 0.2) is 53.3 Å². The number of hydrogen-bond acceptors (Lipinski definition) is 5. The molecule has 2 aromatic carbocycles. The fourth-order valence-electron chi connectivity index (χ4n) is 2.97. The van der Waals surface area contributed by atoms with Crippen molar-refractivity contribution in [1.29, 1.82) is 0 Å². The first kappa shape index (κ1) is 20.1. The van der Waals surface area contributed by atoms with Crippen LogP contribution in [0, 0.1) is 0 Å². The SMILES string of the molecule is COc1ccccc1CNC(=O)CCNC(=O)Cc1n[nH]c(=O)c2ccccc12. The third kappa shape index (κ3) is 5.19. The third-order valence-corrected chi connectivity index (χ3v) is 4.45. The van der Waals surface area contributed by atoms with E-state index >= 15 is 0 Å². The van der Waals surface area contributed by atoms with Crippen molar-refractivity contribution in [2.45, 2.75) is 19.4 Å². The lowest BCUT2D eigenvalue weighted by Gasteiger charge is -2.10. The van der Waals surface area contributed by atoms with Crippen LogP contribution in [0.2, 0.25) is 0 Å². The average molecular weight is 394 g/mol. The third-order valence-electron chi connectivity index (χ3n) is 4.45. The maximum absolute atomic E-state index is 12.2. The van der Waals surface area contributed by atoms with Crippen molar-refractivity contribution in [3.8, 4) is 5.75 Å². The first-order valence-corrected chi connectivity index (χ1v) is 9.20. The molecule has 1 heterocycles. The molecule has 0 aliphatic heterocycles. The molecule has 0 bridgehead atoms. The molecule has 0 aliphatic carbocycles.